The SMILES string of the molecule is COC(=O)[C@@H](C)NS(=O)(=O)c1ccccc1. The quantitative estimate of drug-likeness (QED) is 0.783. The molecule has 0 unspecified atom stereocenters. The molecule has 0 spiro atoms. The van der Waals surface area contributed by atoms with Crippen LogP contribution < -0.4 is 4.72 Å². The van der Waals surface area contributed by atoms with Gasteiger partial charge in [-0.15, -0.1) is 0 Å². The lowest BCUT2D eigenvalue weighted by molar-refractivity contribution is -0.142. The van der Waals surface area contributed by atoms with E-state index in [0.717, 1.165) is 0 Å². The molecule has 0 aliphatic heterocycles. The molecule has 0 bridgehead atoms. The van der Waals surface area contributed by atoms with Crippen LogP contribution in [0.3, 0.4) is 0 Å². The maximum Gasteiger partial charge on any atom is 0.323 e. The largest absolute Gasteiger partial charge is 0.468 e. The van der Waals surface area contributed by atoms with Gasteiger partial charge in [0.05, 0.1) is 12.0 Å². The number of nitrogens with one attached hydrogen (secondary N) is 1. The number of methoxy groups -OCH3 is 1. The van der Waals surface area contributed by atoms with Crippen molar-refractivity contribution in [3.63, 3.8) is 0 Å². The molecule has 1 aromatic carbocycles. The Morgan fingerprint density at radius 1 is 1.31 bits per heavy atom. The average molecular weight is 243 g/mol. The zero-order chi connectivity index (χ0) is 12.2. The van der Waals surface area contributed by atoms with Crippen molar-refractivity contribution in [2.24, 2.45) is 0 Å². The third kappa shape index (κ3) is 3.04. The van der Waals surface area contributed by atoms with Gasteiger partial charge in [0.1, 0.15) is 6.04 Å². The molecule has 88 valence electrons. The summed E-state index contributed by atoms with van der Waals surface area (Å²) in [5.74, 6) is -0.625. The van der Waals surface area contributed by atoms with E-state index in [1.807, 2.05) is 0 Å². The predicted octanol–water partition coefficient (Wildman–Crippen LogP) is 0.526. The second-order valence-electron chi connectivity index (χ2n) is 3.18. The van der Waals surface area contributed by atoms with Gasteiger partial charge in [0.25, 0.3) is 0 Å². The minimum Gasteiger partial charge on any atom is -0.468 e. The van der Waals surface area contributed by atoms with E-state index in [0.29, 0.717) is 0 Å². The number of ether oxygens (including phenoxy) is 1. The van der Waals surface area contributed by atoms with Gasteiger partial charge < -0.3 is 4.74 Å². The average Bonchev–Trinajstić information content (AvgIpc) is 2.28. The van der Waals surface area contributed by atoms with Gasteiger partial charge in [-0.25, -0.2) is 8.42 Å². The number of carbonyl (C=O) groups excluding carboxylic acids is 1. The lowest BCUT2D eigenvalue weighted by Gasteiger charge is -2.11. The number of benzene rings is 1. The highest BCUT2D eigenvalue weighted by Gasteiger charge is 2.21. The van der Waals surface area contributed by atoms with Gasteiger partial charge in [0.2, 0.25) is 10.0 Å². The molecule has 16 heavy (non-hydrogen) atoms. The fraction of sp³-hybridized carbons (Fsp3) is 0.300. The first-order valence-corrected chi connectivity index (χ1v) is 6.11. The van der Waals surface area contributed by atoms with Crippen LogP contribution in [0.1, 0.15) is 6.92 Å². The highest BCUT2D eigenvalue weighted by atomic mass is 32.2. The molecule has 0 fully saturated rings. The Hall–Kier alpha value is -1.40. The van der Waals surface area contributed by atoms with Crippen molar-refractivity contribution in [3.05, 3.63) is 30.3 Å². The van der Waals surface area contributed by atoms with Crippen molar-refractivity contribution in [1.82, 2.24) is 4.72 Å². The molecule has 0 saturated heterocycles. The van der Waals surface area contributed by atoms with Gasteiger partial charge in [-0.1, -0.05) is 18.2 Å². The maximum absolute atomic E-state index is 11.7. The summed E-state index contributed by atoms with van der Waals surface area (Å²) < 4.78 is 30.1. The Morgan fingerprint density at radius 2 is 1.88 bits per heavy atom. The monoisotopic (exact) mass is 243 g/mol. The van der Waals surface area contributed by atoms with Crippen molar-refractivity contribution in [3.8, 4) is 0 Å². The van der Waals surface area contributed by atoms with Crippen LogP contribution in [0.25, 0.3) is 0 Å². The van der Waals surface area contributed by atoms with Gasteiger partial charge in [-0.3, -0.25) is 4.79 Å². The van der Waals surface area contributed by atoms with Crippen molar-refractivity contribution in [1.29, 1.82) is 0 Å². The highest BCUT2D eigenvalue weighted by molar-refractivity contribution is 7.89. The topological polar surface area (TPSA) is 72.5 Å². The molecule has 1 atom stereocenters. The van der Waals surface area contributed by atoms with Crippen molar-refractivity contribution < 1.29 is 17.9 Å². The first-order chi connectivity index (χ1) is 7.47. The number of rotatable bonds is 4. The lowest BCUT2D eigenvalue weighted by atomic mass is 10.4. The summed E-state index contributed by atoms with van der Waals surface area (Å²) in [6.45, 7) is 1.42. The van der Waals surface area contributed by atoms with Crippen LogP contribution in [0.5, 0.6) is 0 Å². The van der Waals surface area contributed by atoms with Crippen molar-refractivity contribution >= 4 is 16.0 Å². The molecule has 0 radical (unpaired) electrons. The Bertz CT molecular complexity index is 455. The highest BCUT2D eigenvalue weighted by Crippen LogP contribution is 2.08. The van der Waals surface area contributed by atoms with E-state index in [9.17, 15) is 13.2 Å². The number of esters is 1. The second kappa shape index (κ2) is 5.09. The molecule has 0 aliphatic rings. The first kappa shape index (κ1) is 12.7. The van der Waals surface area contributed by atoms with E-state index in [1.165, 1.54) is 26.2 Å². The summed E-state index contributed by atoms with van der Waals surface area (Å²) in [4.78, 5) is 11.2. The number of hydrogen-bond donors (Lipinski definition) is 1. The van der Waals surface area contributed by atoms with E-state index in [-0.39, 0.29) is 4.90 Å². The standard InChI is InChI=1S/C10H13NO4S/c1-8(10(12)15-2)11-16(13,14)9-6-4-3-5-7-9/h3-8,11H,1-2H3/t8-/m1/s1. The molecular weight excluding hydrogens is 230 g/mol. The Balaban J connectivity index is 2.85. The fourth-order valence-electron chi connectivity index (χ4n) is 1.13. The van der Waals surface area contributed by atoms with Gasteiger partial charge >= 0.3 is 5.97 Å². The van der Waals surface area contributed by atoms with E-state index < -0.39 is 22.0 Å². The maximum atomic E-state index is 11.7. The summed E-state index contributed by atoms with van der Waals surface area (Å²) in [6, 6.07) is 6.92. The van der Waals surface area contributed by atoms with Crippen LogP contribution in [-0.2, 0) is 19.6 Å². The van der Waals surface area contributed by atoms with Crippen molar-refractivity contribution in [2.75, 3.05) is 7.11 Å². The van der Waals surface area contributed by atoms with Crippen LogP contribution in [0.4, 0.5) is 0 Å². The molecule has 1 rings (SSSR count). The number of sulfonamides is 1. The van der Waals surface area contributed by atoms with Crippen LogP contribution >= 0.6 is 0 Å². The van der Waals surface area contributed by atoms with E-state index in [4.69, 9.17) is 0 Å². The lowest BCUT2D eigenvalue weighted by Crippen LogP contribution is -2.39. The molecule has 5 nitrogen and oxygen atoms in total. The van der Waals surface area contributed by atoms with Crippen LogP contribution in [0, 0.1) is 0 Å². The van der Waals surface area contributed by atoms with Gasteiger partial charge in [0.15, 0.2) is 0 Å². The Kier molecular flexibility index (Phi) is 4.03. The third-order valence-electron chi connectivity index (χ3n) is 1.94. The molecule has 6 heteroatoms. The van der Waals surface area contributed by atoms with Gasteiger partial charge in [-0.2, -0.15) is 4.72 Å². The minimum atomic E-state index is -3.67. The molecule has 1 aromatic rings. The zero-order valence-electron chi connectivity index (χ0n) is 9.01. The molecule has 0 heterocycles. The van der Waals surface area contributed by atoms with Crippen LogP contribution in [0.2, 0.25) is 0 Å². The second-order valence-corrected chi connectivity index (χ2v) is 4.89. The van der Waals surface area contributed by atoms with E-state index >= 15 is 0 Å². The summed E-state index contributed by atoms with van der Waals surface area (Å²) in [6.07, 6.45) is 0. The Morgan fingerprint density at radius 3 is 2.38 bits per heavy atom. The molecular formula is C10H13NO4S. The summed E-state index contributed by atoms with van der Waals surface area (Å²) in [7, 11) is -2.46. The molecule has 0 amide bonds. The van der Waals surface area contributed by atoms with E-state index in [2.05, 4.69) is 9.46 Å². The molecule has 0 saturated carbocycles. The van der Waals surface area contributed by atoms with Crippen LogP contribution in [0.15, 0.2) is 35.2 Å². The van der Waals surface area contributed by atoms with Crippen LogP contribution in [-0.4, -0.2) is 27.5 Å². The van der Waals surface area contributed by atoms with Gasteiger partial charge in [-0.05, 0) is 19.1 Å². The number of carbonyl (C=O) groups is 1. The normalized spacial score (nSPS) is 13.1. The number of hydrogen-bond acceptors (Lipinski definition) is 4. The first-order valence-electron chi connectivity index (χ1n) is 4.62. The molecule has 0 aromatic heterocycles. The van der Waals surface area contributed by atoms with Gasteiger partial charge in [0, 0.05) is 0 Å². The summed E-state index contributed by atoms with van der Waals surface area (Å²) >= 11 is 0. The van der Waals surface area contributed by atoms with E-state index in [1.54, 1.807) is 18.2 Å². The zero-order valence-corrected chi connectivity index (χ0v) is 9.82. The van der Waals surface area contributed by atoms with Crippen molar-refractivity contribution in [2.45, 2.75) is 17.9 Å². The smallest absolute Gasteiger partial charge is 0.323 e. The Labute approximate surface area is 94.5 Å². The fourth-order valence-corrected chi connectivity index (χ4v) is 2.34. The minimum absolute atomic E-state index is 0.116. The predicted molar refractivity (Wildman–Crippen MR) is 58.2 cm³/mol. The molecule has 0 aliphatic carbocycles. The summed E-state index contributed by atoms with van der Waals surface area (Å²) in [5.41, 5.74) is 0. The molecule has 1 N–H and O–H groups in total. The third-order valence-corrected chi connectivity index (χ3v) is 3.50. The summed E-state index contributed by atoms with van der Waals surface area (Å²) in [5, 5.41) is 0.